The molecule has 0 radical (unpaired) electrons. The summed E-state index contributed by atoms with van der Waals surface area (Å²) < 4.78 is 0. The fourth-order valence-corrected chi connectivity index (χ4v) is 2.77. The Morgan fingerprint density at radius 2 is 1.67 bits per heavy atom. The molecule has 106 valence electrons. The average molecular weight is 275 g/mol. The first kappa shape index (κ1) is 13.8. The van der Waals surface area contributed by atoms with Crippen molar-refractivity contribution in [2.45, 2.75) is 26.4 Å². The Labute approximate surface area is 126 Å². The van der Waals surface area contributed by atoms with E-state index in [0.717, 1.165) is 6.54 Å². The predicted octanol–water partition coefficient (Wildman–Crippen LogP) is 5.00. The highest BCUT2D eigenvalue weighted by molar-refractivity contribution is 5.85. The van der Waals surface area contributed by atoms with E-state index in [1.807, 2.05) is 0 Å². The van der Waals surface area contributed by atoms with Crippen LogP contribution in [0.4, 0.5) is 0 Å². The molecule has 0 heterocycles. The minimum absolute atomic E-state index is 0.351. The molecule has 0 bridgehead atoms. The van der Waals surface area contributed by atoms with Crippen molar-refractivity contribution >= 4 is 10.8 Å². The van der Waals surface area contributed by atoms with Gasteiger partial charge in [0.2, 0.25) is 0 Å². The molecule has 0 amide bonds. The molecular formula is C20H21N. The van der Waals surface area contributed by atoms with Crippen molar-refractivity contribution in [3.8, 4) is 0 Å². The number of benzene rings is 3. The van der Waals surface area contributed by atoms with Gasteiger partial charge in [-0.15, -0.1) is 0 Å². The fraction of sp³-hybridized carbons (Fsp3) is 0.200. The summed E-state index contributed by atoms with van der Waals surface area (Å²) in [7, 11) is 0. The predicted molar refractivity (Wildman–Crippen MR) is 90.4 cm³/mol. The van der Waals surface area contributed by atoms with Gasteiger partial charge < -0.3 is 5.32 Å². The molecule has 0 unspecified atom stereocenters. The van der Waals surface area contributed by atoms with Gasteiger partial charge in [-0.1, -0.05) is 72.3 Å². The topological polar surface area (TPSA) is 12.0 Å². The molecule has 1 heteroatoms. The minimum atomic E-state index is 0.351. The quantitative estimate of drug-likeness (QED) is 0.706. The molecule has 0 spiro atoms. The van der Waals surface area contributed by atoms with Crippen molar-refractivity contribution in [2.75, 3.05) is 0 Å². The van der Waals surface area contributed by atoms with Gasteiger partial charge in [-0.3, -0.25) is 0 Å². The van der Waals surface area contributed by atoms with E-state index in [1.165, 1.54) is 27.5 Å². The normalized spacial score (nSPS) is 12.5. The number of aryl methyl sites for hydroxylation is 1. The zero-order valence-corrected chi connectivity index (χ0v) is 12.6. The third kappa shape index (κ3) is 3.14. The van der Waals surface area contributed by atoms with Crippen LogP contribution in [0.2, 0.25) is 0 Å². The third-order valence-electron chi connectivity index (χ3n) is 4.02. The molecule has 0 aliphatic heterocycles. The third-order valence-corrected chi connectivity index (χ3v) is 4.02. The highest BCUT2D eigenvalue weighted by Gasteiger charge is 2.06. The van der Waals surface area contributed by atoms with Gasteiger partial charge in [-0.25, -0.2) is 0 Å². The molecule has 3 rings (SSSR count). The lowest BCUT2D eigenvalue weighted by Crippen LogP contribution is -2.18. The van der Waals surface area contributed by atoms with Gasteiger partial charge >= 0.3 is 0 Å². The van der Waals surface area contributed by atoms with E-state index in [1.54, 1.807) is 0 Å². The number of rotatable bonds is 4. The maximum Gasteiger partial charge on any atom is 0.0295 e. The van der Waals surface area contributed by atoms with Gasteiger partial charge in [-0.05, 0) is 35.7 Å². The van der Waals surface area contributed by atoms with E-state index >= 15 is 0 Å². The van der Waals surface area contributed by atoms with E-state index < -0.39 is 0 Å². The molecule has 3 aromatic rings. The second-order valence-corrected chi connectivity index (χ2v) is 5.65. The summed E-state index contributed by atoms with van der Waals surface area (Å²) in [5.41, 5.74) is 4.01. The summed E-state index contributed by atoms with van der Waals surface area (Å²) in [5, 5.41) is 6.28. The summed E-state index contributed by atoms with van der Waals surface area (Å²) in [6, 6.07) is 24.1. The molecule has 1 nitrogen and oxygen atoms in total. The zero-order valence-electron chi connectivity index (χ0n) is 12.6. The molecule has 0 aliphatic rings. The van der Waals surface area contributed by atoms with E-state index in [2.05, 4.69) is 85.9 Å². The Morgan fingerprint density at radius 1 is 0.905 bits per heavy atom. The van der Waals surface area contributed by atoms with Gasteiger partial charge in [0, 0.05) is 12.6 Å². The van der Waals surface area contributed by atoms with Crippen LogP contribution in [-0.2, 0) is 6.54 Å². The van der Waals surface area contributed by atoms with Crippen molar-refractivity contribution in [3.05, 3.63) is 83.4 Å². The summed E-state index contributed by atoms with van der Waals surface area (Å²) in [4.78, 5) is 0. The van der Waals surface area contributed by atoms with Crippen LogP contribution in [0, 0.1) is 6.92 Å². The first-order valence-corrected chi connectivity index (χ1v) is 7.50. The first-order chi connectivity index (χ1) is 10.2. The molecular weight excluding hydrogens is 254 g/mol. The smallest absolute Gasteiger partial charge is 0.0295 e. The number of hydrogen-bond donors (Lipinski definition) is 1. The van der Waals surface area contributed by atoms with Gasteiger partial charge in [0.25, 0.3) is 0 Å². The fourth-order valence-electron chi connectivity index (χ4n) is 2.77. The highest BCUT2D eigenvalue weighted by Crippen LogP contribution is 2.20. The van der Waals surface area contributed by atoms with Crippen LogP contribution in [0.1, 0.15) is 29.7 Å². The molecule has 0 aromatic heterocycles. The van der Waals surface area contributed by atoms with Gasteiger partial charge in [0.05, 0.1) is 0 Å². The molecule has 1 N–H and O–H groups in total. The summed E-state index contributed by atoms with van der Waals surface area (Å²) in [5.74, 6) is 0. The second-order valence-electron chi connectivity index (χ2n) is 5.65. The van der Waals surface area contributed by atoms with Crippen LogP contribution in [0.5, 0.6) is 0 Å². The Hall–Kier alpha value is -2.12. The van der Waals surface area contributed by atoms with E-state index in [-0.39, 0.29) is 0 Å². The van der Waals surface area contributed by atoms with Gasteiger partial charge in [-0.2, -0.15) is 0 Å². The van der Waals surface area contributed by atoms with Crippen molar-refractivity contribution in [1.29, 1.82) is 0 Å². The second kappa shape index (κ2) is 6.11. The number of fused-ring (bicyclic) bond motifs is 1. The number of hydrogen-bond acceptors (Lipinski definition) is 1. The van der Waals surface area contributed by atoms with Crippen LogP contribution >= 0.6 is 0 Å². The standard InChI is InChI=1S/C20H21N/c1-15-7-5-10-18(13-15)16(2)21-14-19-11-6-9-17-8-3-4-12-20(17)19/h3-13,16,21H,14H2,1-2H3/t16-/m1/s1. The summed E-state index contributed by atoms with van der Waals surface area (Å²) in [6.07, 6.45) is 0. The first-order valence-electron chi connectivity index (χ1n) is 7.50. The van der Waals surface area contributed by atoms with Gasteiger partial charge in [0.1, 0.15) is 0 Å². The highest BCUT2D eigenvalue weighted by atomic mass is 14.9. The Balaban J connectivity index is 1.77. The molecule has 3 aromatic carbocycles. The molecule has 1 atom stereocenters. The van der Waals surface area contributed by atoms with Crippen LogP contribution in [-0.4, -0.2) is 0 Å². The Morgan fingerprint density at radius 3 is 2.52 bits per heavy atom. The van der Waals surface area contributed by atoms with Gasteiger partial charge in [0.15, 0.2) is 0 Å². The Bertz CT molecular complexity index is 740. The lowest BCUT2D eigenvalue weighted by Gasteiger charge is -2.16. The van der Waals surface area contributed by atoms with E-state index in [0.29, 0.717) is 6.04 Å². The average Bonchev–Trinajstić information content (AvgIpc) is 2.52. The summed E-state index contributed by atoms with van der Waals surface area (Å²) >= 11 is 0. The largest absolute Gasteiger partial charge is 0.306 e. The molecule has 0 saturated heterocycles. The van der Waals surface area contributed by atoms with Crippen LogP contribution in [0.15, 0.2) is 66.7 Å². The molecule has 0 saturated carbocycles. The lowest BCUT2D eigenvalue weighted by molar-refractivity contribution is 0.576. The SMILES string of the molecule is Cc1cccc([C@@H](C)NCc2cccc3ccccc23)c1. The monoisotopic (exact) mass is 275 g/mol. The van der Waals surface area contributed by atoms with Crippen molar-refractivity contribution in [2.24, 2.45) is 0 Å². The van der Waals surface area contributed by atoms with Crippen LogP contribution in [0.25, 0.3) is 10.8 Å². The van der Waals surface area contributed by atoms with E-state index in [4.69, 9.17) is 0 Å². The van der Waals surface area contributed by atoms with Crippen molar-refractivity contribution in [1.82, 2.24) is 5.32 Å². The molecule has 0 aliphatic carbocycles. The van der Waals surface area contributed by atoms with E-state index in [9.17, 15) is 0 Å². The minimum Gasteiger partial charge on any atom is -0.306 e. The lowest BCUT2D eigenvalue weighted by atomic mass is 10.0. The summed E-state index contributed by atoms with van der Waals surface area (Å²) in [6.45, 7) is 5.25. The van der Waals surface area contributed by atoms with Crippen LogP contribution in [0.3, 0.4) is 0 Å². The van der Waals surface area contributed by atoms with Crippen molar-refractivity contribution < 1.29 is 0 Å². The maximum atomic E-state index is 3.63. The molecule has 21 heavy (non-hydrogen) atoms. The Kier molecular flexibility index (Phi) is 4.03. The van der Waals surface area contributed by atoms with Crippen molar-refractivity contribution in [3.63, 3.8) is 0 Å². The molecule has 0 fully saturated rings. The maximum absolute atomic E-state index is 3.63. The number of nitrogens with one attached hydrogen (secondary N) is 1. The van der Waals surface area contributed by atoms with Crippen LogP contribution < -0.4 is 5.32 Å². The zero-order chi connectivity index (χ0) is 14.7.